The summed E-state index contributed by atoms with van der Waals surface area (Å²) in [5.74, 6) is 2.61. The van der Waals surface area contributed by atoms with Gasteiger partial charge in [-0.2, -0.15) is 0 Å². The van der Waals surface area contributed by atoms with Crippen LogP contribution in [0.15, 0.2) is 73.1 Å². The second-order valence-corrected chi connectivity index (χ2v) is 7.46. The number of aryl methyl sites for hydroxylation is 1. The topological polar surface area (TPSA) is 85.5 Å². The Hall–Kier alpha value is -4.26. The normalized spacial score (nSPS) is 10.5. The van der Waals surface area contributed by atoms with Crippen LogP contribution < -0.4 is 19.5 Å². The molecule has 0 aliphatic rings. The molecule has 4 aromatic rings. The summed E-state index contributed by atoms with van der Waals surface area (Å²) in [6.07, 6.45) is 3.46. The van der Waals surface area contributed by atoms with Crippen molar-refractivity contribution < 1.29 is 19.0 Å². The quantitative estimate of drug-likeness (QED) is 0.389. The van der Waals surface area contributed by atoms with Crippen molar-refractivity contribution in [2.45, 2.75) is 13.5 Å². The van der Waals surface area contributed by atoms with Crippen LogP contribution in [0.5, 0.6) is 17.2 Å². The first kappa shape index (κ1) is 22.0. The molecule has 0 saturated carbocycles. The van der Waals surface area contributed by atoms with E-state index >= 15 is 0 Å². The fourth-order valence-corrected chi connectivity index (χ4v) is 3.34. The van der Waals surface area contributed by atoms with Crippen LogP contribution in [0.2, 0.25) is 0 Å². The Morgan fingerprint density at radius 2 is 1.67 bits per heavy atom. The van der Waals surface area contributed by atoms with Gasteiger partial charge in [-0.05, 0) is 60.5 Å². The van der Waals surface area contributed by atoms with Gasteiger partial charge in [0, 0.05) is 35.3 Å². The number of nitrogens with zero attached hydrogens (tertiary/aromatic N) is 1. The number of amides is 1. The van der Waals surface area contributed by atoms with E-state index in [0.717, 1.165) is 28.2 Å². The Labute approximate surface area is 192 Å². The fourth-order valence-electron chi connectivity index (χ4n) is 3.34. The summed E-state index contributed by atoms with van der Waals surface area (Å²) in [7, 11) is 3.22. The van der Waals surface area contributed by atoms with Crippen LogP contribution in [0.25, 0.3) is 11.4 Å². The molecule has 0 radical (unpaired) electrons. The number of carbonyl (C=O) groups excluding carboxylic acids is 1. The third kappa shape index (κ3) is 5.33. The smallest absolute Gasteiger partial charge is 0.255 e. The predicted molar refractivity (Wildman–Crippen MR) is 127 cm³/mol. The molecule has 0 saturated heterocycles. The van der Waals surface area contributed by atoms with E-state index in [9.17, 15) is 4.79 Å². The summed E-state index contributed by atoms with van der Waals surface area (Å²) in [4.78, 5) is 20.1. The molecule has 0 aliphatic carbocycles. The van der Waals surface area contributed by atoms with E-state index in [4.69, 9.17) is 14.2 Å². The van der Waals surface area contributed by atoms with Crippen LogP contribution in [-0.2, 0) is 6.61 Å². The average Bonchev–Trinajstić information content (AvgIpc) is 3.39. The van der Waals surface area contributed by atoms with Gasteiger partial charge in [0.15, 0.2) is 0 Å². The highest BCUT2D eigenvalue weighted by Gasteiger charge is 2.11. The van der Waals surface area contributed by atoms with E-state index in [0.29, 0.717) is 29.4 Å². The van der Waals surface area contributed by atoms with Gasteiger partial charge in [-0.25, -0.2) is 4.98 Å². The summed E-state index contributed by atoms with van der Waals surface area (Å²) in [5.41, 5.74) is 4.06. The third-order valence-corrected chi connectivity index (χ3v) is 5.19. The lowest BCUT2D eigenvalue weighted by molar-refractivity contribution is 0.102. The Bertz CT molecular complexity index is 1210. The van der Waals surface area contributed by atoms with E-state index in [-0.39, 0.29) is 5.91 Å². The predicted octanol–water partition coefficient (Wildman–Crippen LogP) is 5.23. The molecule has 168 valence electrons. The zero-order chi connectivity index (χ0) is 23.2. The SMILES string of the molecule is COc1cc(COc2ccc(C(=O)Nc3cc(-c4ncc[nH]4)ccc3C)cc2)cc(OC)c1. The number of aromatic amines is 1. The highest BCUT2D eigenvalue weighted by atomic mass is 16.5. The summed E-state index contributed by atoms with van der Waals surface area (Å²) < 4.78 is 16.5. The van der Waals surface area contributed by atoms with Crippen molar-refractivity contribution in [1.82, 2.24) is 9.97 Å². The van der Waals surface area contributed by atoms with E-state index < -0.39 is 0 Å². The molecule has 7 heteroatoms. The molecule has 0 unspecified atom stereocenters. The van der Waals surface area contributed by atoms with Crippen molar-refractivity contribution in [2.24, 2.45) is 0 Å². The van der Waals surface area contributed by atoms with Crippen LogP contribution in [0.3, 0.4) is 0 Å². The minimum Gasteiger partial charge on any atom is -0.497 e. The first-order valence-electron chi connectivity index (χ1n) is 10.4. The van der Waals surface area contributed by atoms with Crippen LogP contribution in [-0.4, -0.2) is 30.1 Å². The molecule has 0 bridgehead atoms. The maximum Gasteiger partial charge on any atom is 0.255 e. The van der Waals surface area contributed by atoms with E-state index in [1.807, 2.05) is 43.3 Å². The Kier molecular flexibility index (Phi) is 6.59. The minimum absolute atomic E-state index is 0.196. The molecule has 33 heavy (non-hydrogen) atoms. The van der Waals surface area contributed by atoms with Crippen LogP contribution in [0.4, 0.5) is 5.69 Å². The molecular weight excluding hydrogens is 418 g/mol. The average molecular weight is 444 g/mol. The third-order valence-electron chi connectivity index (χ3n) is 5.19. The lowest BCUT2D eigenvalue weighted by atomic mass is 10.1. The van der Waals surface area contributed by atoms with Gasteiger partial charge in [0.05, 0.1) is 14.2 Å². The van der Waals surface area contributed by atoms with E-state index in [1.54, 1.807) is 50.9 Å². The molecule has 3 aromatic carbocycles. The van der Waals surface area contributed by atoms with Gasteiger partial charge < -0.3 is 24.5 Å². The number of rotatable bonds is 8. The fraction of sp³-hybridized carbons (Fsp3) is 0.154. The zero-order valence-corrected chi connectivity index (χ0v) is 18.7. The van der Waals surface area contributed by atoms with Crippen molar-refractivity contribution in [3.05, 3.63) is 89.7 Å². The highest BCUT2D eigenvalue weighted by molar-refractivity contribution is 6.05. The van der Waals surface area contributed by atoms with Gasteiger partial charge in [0.2, 0.25) is 0 Å². The lowest BCUT2D eigenvalue weighted by Crippen LogP contribution is -2.12. The van der Waals surface area contributed by atoms with Gasteiger partial charge in [0.25, 0.3) is 5.91 Å². The molecule has 2 N–H and O–H groups in total. The van der Waals surface area contributed by atoms with Gasteiger partial charge in [-0.1, -0.05) is 12.1 Å². The Balaban J connectivity index is 1.41. The summed E-state index contributed by atoms with van der Waals surface area (Å²) >= 11 is 0. The number of hydrogen-bond donors (Lipinski definition) is 2. The molecule has 1 aromatic heterocycles. The largest absolute Gasteiger partial charge is 0.497 e. The second kappa shape index (κ2) is 9.91. The Morgan fingerprint density at radius 1 is 0.939 bits per heavy atom. The number of benzene rings is 3. The number of anilines is 1. The molecule has 4 rings (SSSR count). The number of methoxy groups -OCH3 is 2. The zero-order valence-electron chi connectivity index (χ0n) is 18.7. The monoisotopic (exact) mass is 443 g/mol. The van der Waals surface area contributed by atoms with Crippen molar-refractivity contribution in [2.75, 3.05) is 19.5 Å². The molecule has 1 heterocycles. The molecule has 0 fully saturated rings. The molecule has 7 nitrogen and oxygen atoms in total. The van der Waals surface area contributed by atoms with E-state index in [2.05, 4.69) is 15.3 Å². The second-order valence-electron chi connectivity index (χ2n) is 7.46. The van der Waals surface area contributed by atoms with Crippen molar-refractivity contribution in [3.8, 4) is 28.6 Å². The Morgan fingerprint density at radius 3 is 2.30 bits per heavy atom. The molecule has 0 aliphatic heterocycles. The number of ether oxygens (including phenoxy) is 3. The minimum atomic E-state index is -0.196. The molecule has 1 amide bonds. The molecule has 0 atom stereocenters. The van der Waals surface area contributed by atoms with Crippen molar-refractivity contribution in [3.63, 3.8) is 0 Å². The van der Waals surface area contributed by atoms with Crippen molar-refractivity contribution >= 4 is 11.6 Å². The summed E-state index contributed by atoms with van der Waals surface area (Å²) in [5, 5.41) is 2.98. The first-order valence-corrected chi connectivity index (χ1v) is 10.4. The number of imidazole rings is 1. The van der Waals surface area contributed by atoms with Crippen LogP contribution in [0.1, 0.15) is 21.5 Å². The molecule has 0 spiro atoms. The number of aromatic nitrogens is 2. The van der Waals surface area contributed by atoms with Crippen molar-refractivity contribution in [1.29, 1.82) is 0 Å². The number of nitrogens with one attached hydrogen (secondary N) is 2. The maximum absolute atomic E-state index is 12.8. The molecular formula is C26H25N3O4. The van der Waals surface area contributed by atoms with E-state index in [1.165, 1.54) is 0 Å². The highest BCUT2D eigenvalue weighted by Crippen LogP contribution is 2.25. The number of hydrogen-bond acceptors (Lipinski definition) is 5. The summed E-state index contributed by atoms with van der Waals surface area (Å²) in [6, 6.07) is 18.5. The standard InChI is InChI=1S/C26H25N3O4/c1-17-4-5-20(25-27-10-11-28-25)14-24(17)29-26(30)19-6-8-21(9-7-19)33-16-18-12-22(31-2)15-23(13-18)32-3/h4-15H,16H2,1-3H3,(H,27,28)(H,29,30). The maximum atomic E-state index is 12.8. The van der Waals surface area contributed by atoms with Gasteiger partial charge in [-0.3, -0.25) is 4.79 Å². The van der Waals surface area contributed by atoms with Crippen LogP contribution >= 0.6 is 0 Å². The first-order chi connectivity index (χ1) is 16.1. The summed E-state index contributed by atoms with van der Waals surface area (Å²) in [6.45, 7) is 2.30. The van der Waals surface area contributed by atoms with Gasteiger partial charge in [0.1, 0.15) is 29.7 Å². The number of H-pyrrole nitrogens is 1. The lowest BCUT2D eigenvalue weighted by Gasteiger charge is -2.12. The van der Waals surface area contributed by atoms with Gasteiger partial charge >= 0.3 is 0 Å². The number of carbonyl (C=O) groups is 1. The van der Waals surface area contributed by atoms with Gasteiger partial charge in [-0.15, -0.1) is 0 Å². The van der Waals surface area contributed by atoms with Crippen LogP contribution in [0, 0.1) is 6.92 Å².